The van der Waals surface area contributed by atoms with Crippen molar-refractivity contribution in [1.29, 1.82) is 0 Å². The first-order valence-corrected chi connectivity index (χ1v) is 3.65. The van der Waals surface area contributed by atoms with E-state index in [-0.39, 0.29) is 32.6 Å². The summed E-state index contributed by atoms with van der Waals surface area (Å²) in [5.41, 5.74) is 0.549. The largest absolute Gasteiger partial charge is 0.331 e. The molecule has 0 aliphatic rings. The SMILES string of the molecule is CC(=O)[CH-]C(=O)c1ccccc1.[Pt]. The number of benzene rings is 1. The number of Topliss-reactive ketones (excluding diaryl/α,β-unsaturated/α-hetero) is 2. The second-order valence-corrected chi connectivity index (χ2v) is 2.49. The zero-order valence-electron chi connectivity index (χ0n) is 7.10. The van der Waals surface area contributed by atoms with Crippen LogP contribution in [-0.2, 0) is 25.9 Å². The predicted octanol–water partition coefficient (Wildman–Crippen LogP) is 1.66. The normalized spacial score (nSPS) is 8.38. The van der Waals surface area contributed by atoms with Crippen molar-refractivity contribution in [3.8, 4) is 0 Å². The maximum Gasteiger partial charge on any atom is 0.0768 e. The van der Waals surface area contributed by atoms with Gasteiger partial charge in [-0.15, -0.1) is 24.1 Å². The number of hydrogen-bond acceptors (Lipinski definition) is 2. The first-order valence-electron chi connectivity index (χ1n) is 3.65. The Kier molecular flexibility index (Phi) is 5.32. The second-order valence-electron chi connectivity index (χ2n) is 2.49. The summed E-state index contributed by atoms with van der Waals surface area (Å²) < 4.78 is 0. The first kappa shape index (κ1) is 12.1. The van der Waals surface area contributed by atoms with Crippen molar-refractivity contribution in [2.75, 3.05) is 0 Å². The van der Waals surface area contributed by atoms with Gasteiger partial charge in [-0.05, 0) is 6.92 Å². The molecule has 1 aromatic carbocycles. The third-order valence-electron chi connectivity index (χ3n) is 1.39. The van der Waals surface area contributed by atoms with E-state index in [9.17, 15) is 9.59 Å². The molecule has 0 aliphatic carbocycles. The minimum atomic E-state index is -0.233. The molecule has 1 rings (SSSR count). The van der Waals surface area contributed by atoms with Gasteiger partial charge in [-0.3, -0.25) is 0 Å². The molecule has 0 saturated heterocycles. The molecule has 13 heavy (non-hydrogen) atoms. The van der Waals surface area contributed by atoms with Crippen LogP contribution in [0.25, 0.3) is 0 Å². The van der Waals surface area contributed by atoms with Gasteiger partial charge in [0.15, 0.2) is 0 Å². The van der Waals surface area contributed by atoms with Gasteiger partial charge in [0.05, 0.1) is 5.78 Å². The van der Waals surface area contributed by atoms with E-state index in [1.165, 1.54) is 6.92 Å². The Morgan fingerprint density at radius 2 is 1.69 bits per heavy atom. The van der Waals surface area contributed by atoms with Gasteiger partial charge in [0, 0.05) is 26.8 Å². The fourth-order valence-corrected chi connectivity index (χ4v) is 0.870. The smallest absolute Gasteiger partial charge is 0.0768 e. The zero-order chi connectivity index (χ0) is 8.97. The number of ketones is 2. The van der Waals surface area contributed by atoms with Crippen LogP contribution in [0.3, 0.4) is 0 Å². The molecular formula is C10H9O2Pt-. The van der Waals surface area contributed by atoms with Crippen LogP contribution >= 0.6 is 0 Å². The minimum absolute atomic E-state index is 0. The summed E-state index contributed by atoms with van der Waals surface area (Å²) >= 11 is 0. The van der Waals surface area contributed by atoms with E-state index in [1.54, 1.807) is 24.3 Å². The van der Waals surface area contributed by atoms with Gasteiger partial charge >= 0.3 is 0 Å². The average Bonchev–Trinajstić information content (AvgIpc) is 2.05. The summed E-state index contributed by atoms with van der Waals surface area (Å²) in [6, 6.07) is 8.72. The maximum atomic E-state index is 11.2. The van der Waals surface area contributed by atoms with Crippen molar-refractivity contribution >= 4 is 11.6 Å². The molecule has 0 saturated carbocycles. The Balaban J connectivity index is 0.00000144. The van der Waals surface area contributed by atoms with Gasteiger partial charge in [-0.1, -0.05) is 18.2 Å². The molecule has 0 N–H and O–H groups in total. The van der Waals surface area contributed by atoms with Gasteiger partial charge in [0.2, 0.25) is 0 Å². The van der Waals surface area contributed by atoms with Crippen LogP contribution in [0.1, 0.15) is 17.3 Å². The summed E-state index contributed by atoms with van der Waals surface area (Å²) in [6.07, 6.45) is 1.09. The first-order chi connectivity index (χ1) is 5.70. The van der Waals surface area contributed by atoms with E-state index in [4.69, 9.17) is 0 Å². The molecule has 0 atom stereocenters. The van der Waals surface area contributed by atoms with E-state index in [1.807, 2.05) is 6.07 Å². The topological polar surface area (TPSA) is 34.1 Å². The van der Waals surface area contributed by atoms with E-state index in [0.29, 0.717) is 5.56 Å². The van der Waals surface area contributed by atoms with Gasteiger partial charge < -0.3 is 9.59 Å². The van der Waals surface area contributed by atoms with Crippen molar-refractivity contribution in [2.24, 2.45) is 0 Å². The zero-order valence-corrected chi connectivity index (χ0v) is 9.37. The number of hydrogen-bond donors (Lipinski definition) is 0. The average molecular weight is 356 g/mol. The van der Waals surface area contributed by atoms with Gasteiger partial charge in [-0.25, -0.2) is 0 Å². The number of carbonyl (C=O) groups is 2. The number of rotatable bonds is 3. The molecule has 2 nitrogen and oxygen atoms in total. The molecule has 0 aromatic heterocycles. The van der Waals surface area contributed by atoms with Gasteiger partial charge in [0.25, 0.3) is 0 Å². The molecular weight excluding hydrogens is 347 g/mol. The molecule has 0 amide bonds. The third-order valence-corrected chi connectivity index (χ3v) is 1.39. The Morgan fingerprint density at radius 1 is 1.15 bits per heavy atom. The fourth-order valence-electron chi connectivity index (χ4n) is 0.870. The molecule has 0 unspecified atom stereocenters. The Morgan fingerprint density at radius 3 is 2.15 bits per heavy atom. The minimum Gasteiger partial charge on any atom is -0.331 e. The summed E-state index contributed by atoms with van der Waals surface area (Å²) in [4.78, 5) is 21.7. The Labute approximate surface area is 91.6 Å². The molecule has 0 fully saturated rings. The van der Waals surface area contributed by atoms with Crippen molar-refractivity contribution in [3.05, 3.63) is 42.3 Å². The standard InChI is InChI=1S/C10H9O2.Pt/c1-8(11)7-10(12)9-5-3-2-4-6-9;/h2-7H,1H3;/q-1;. The summed E-state index contributed by atoms with van der Waals surface area (Å²) in [5, 5.41) is 0. The Bertz CT molecular complexity index is 293. The van der Waals surface area contributed by atoms with Crippen molar-refractivity contribution in [1.82, 2.24) is 0 Å². The quantitative estimate of drug-likeness (QED) is 0.469. The monoisotopic (exact) mass is 356 g/mol. The molecule has 0 radical (unpaired) electrons. The predicted molar refractivity (Wildman–Crippen MR) is 45.8 cm³/mol. The molecule has 0 aliphatic heterocycles. The summed E-state index contributed by atoms with van der Waals surface area (Å²) in [7, 11) is 0. The molecule has 1 aromatic rings. The second kappa shape index (κ2) is 5.71. The van der Waals surface area contributed by atoms with Gasteiger partial charge in [-0.2, -0.15) is 0 Å². The van der Waals surface area contributed by atoms with Crippen LogP contribution in [0, 0.1) is 6.42 Å². The fraction of sp³-hybridized carbons (Fsp3) is 0.100. The van der Waals surface area contributed by atoms with Crippen molar-refractivity contribution < 1.29 is 30.7 Å². The van der Waals surface area contributed by atoms with E-state index < -0.39 is 0 Å². The van der Waals surface area contributed by atoms with Crippen LogP contribution < -0.4 is 0 Å². The van der Waals surface area contributed by atoms with Gasteiger partial charge in [0.1, 0.15) is 0 Å². The van der Waals surface area contributed by atoms with Crippen molar-refractivity contribution in [3.63, 3.8) is 0 Å². The van der Waals surface area contributed by atoms with Crippen LogP contribution in [0.15, 0.2) is 30.3 Å². The molecule has 0 bridgehead atoms. The van der Waals surface area contributed by atoms with Crippen LogP contribution in [0.5, 0.6) is 0 Å². The Hall–Kier alpha value is -0.882. The van der Waals surface area contributed by atoms with E-state index >= 15 is 0 Å². The number of carbonyl (C=O) groups excluding carboxylic acids is 2. The van der Waals surface area contributed by atoms with Crippen LogP contribution in [0.4, 0.5) is 0 Å². The van der Waals surface area contributed by atoms with Crippen molar-refractivity contribution in [2.45, 2.75) is 6.92 Å². The van der Waals surface area contributed by atoms with E-state index in [2.05, 4.69) is 0 Å². The van der Waals surface area contributed by atoms with Crippen LogP contribution in [0.2, 0.25) is 0 Å². The maximum absolute atomic E-state index is 11.2. The molecule has 0 spiro atoms. The van der Waals surface area contributed by atoms with Crippen LogP contribution in [-0.4, -0.2) is 11.6 Å². The molecule has 0 heterocycles. The third kappa shape index (κ3) is 4.04. The molecule has 72 valence electrons. The summed E-state index contributed by atoms with van der Waals surface area (Å²) in [5.74, 6) is -0.452. The molecule has 3 heteroatoms. The van der Waals surface area contributed by atoms with E-state index in [0.717, 1.165) is 6.42 Å². The summed E-state index contributed by atoms with van der Waals surface area (Å²) in [6.45, 7) is 1.36.